The maximum atomic E-state index is 11.8. The van der Waals surface area contributed by atoms with Crippen LogP contribution in [0.5, 0.6) is 0 Å². The first-order valence-electron chi connectivity index (χ1n) is 8.59. The molecule has 0 amide bonds. The Morgan fingerprint density at radius 3 is 1.50 bits per heavy atom. The lowest BCUT2D eigenvalue weighted by Gasteiger charge is -2.25. The Morgan fingerprint density at radius 2 is 1.05 bits per heavy atom. The average Bonchev–Trinajstić information content (AvgIpc) is 2.44. The van der Waals surface area contributed by atoms with Gasteiger partial charge in [-0.1, -0.05) is 57.8 Å². The van der Waals surface area contributed by atoms with Crippen LogP contribution in [0.2, 0.25) is 0 Å². The molecule has 1 aliphatic heterocycles. The zero-order valence-corrected chi connectivity index (χ0v) is 14.4. The van der Waals surface area contributed by atoms with E-state index in [2.05, 4.69) is 0 Å². The predicted octanol–water partition coefficient (Wildman–Crippen LogP) is 5.47. The number of thioether (sulfide) groups is 2. The zero-order valence-electron chi connectivity index (χ0n) is 12.8. The Morgan fingerprint density at radius 1 is 0.650 bits per heavy atom. The van der Waals surface area contributed by atoms with Crippen LogP contribution in [0.25, 0.3) is 0 Å². The lowest BCUT2D eigenvalue weighted by atomic mass is 10.0. The molecular formula is C17H30OS2. The van der Waals surface area contributed by atoms with E-state index in [9.17, 15) is 4.79 Å². The zero-order chi connectivity index (χ0) is 14.0. The molecule has 1 unspecified atom stereocenters. The molecule has 0 aromatic rings. The van der Waals surface area contributed by atoms with E-state index < -0.39 is 0 Å². The second-order valence-electron chi connectivity index (χ2n) is 6.40. The minimum absolute atomic E-state index is 0.468. The Balaban J connectivity index is 1.85. The van der Waals surface area contributed by atoms with E-state index in [-0.39, 0.29) is 0 Å². The summed E-state index contributed by atoms with van der Waals surface area (Å²) in [6.45, 7) is 0. The highest BCUT2D eigenvalue weighted by Gasteiger charge is 2.22. The van der Waals surface area contributed by atoms with Gasteiger partial charge in [-0.25, -0.2) is 0 Å². The fraction of sp³-hybridized carbons (Fsp3) is 0.941. The Kier molecular flexibility index (Phi) is 8.50. The lowest BCUT2D eigenvalue weighted by Crippen LogP contribution is -2.21. The van der Waals surface area contributed by atoms with Crippen LogP contribution in [0.1, 0.15) is 77.0 Å². The number of carbonyl (C=O) groups excluding carboxylic acids is 1. The highest BCUT2D eigenvalue weighted by Crippen LogP contribution is 2.33. The number of carbonyl (C=O) groups is 1. The third-order valence-corrected chi connectivity index (χ3v) is 7.31. The molecule has 0 spiro atoms. The monoisotopic (exact) mass is 314 g/mol. The molecule has 1 saturated carbocycles. The lowest BCUT2D eigenvalue weighted by molar-refractivity contribution is -0.114. The molecule has 2 fully saturated rings. The van der Waals surface area contributed by atoms with Crippen molar-refractivity contribution in [3.05, 3.63) is 0 Å². The van der Waals surface area contributed by atoms with E-state index >= 15 is 0 Å². The summed E-state index contributed by atoms with van der Waals surface area (Å²) in [6.07, 6.45) is 16.8. The van der Waals surface area contributed by atoms with Crippen LogP contribution in [0, 0.1) is 0 Å². The number of ketones is 1. The molecule has 1 nitrogen and oxygen atoms in total. The van der Waals surface area contributed by atoms with Crippen LogP contribution < -0.4 is 0 Å². The molecule has 0 N–H and O–H groups in total. The molecule has 2 atom stereocenters. The fourth-order valence-corrected chi connectivity index (χ4v) is 5.98. The van der Waals surface area contributed by atoms with E-state index in [0.29, 0.717) is 5.78 Å². The summed E-state index contributed by atoms with van der Waals surface area (Å²) in [5.74, 6) is 2.00. The first-order valence-corrected chi connectivity index (χ1v) is 10.7. The standard InChI is InChI=1S/C17H30OS2/c18-15-13-19-16-10-8-6-4-2-1-3-5-7-9-11-17(12-16)20-14-15/h16-17H,1-14H2/t16-,17?/m0/s1. The normalized spacial score (nSPS) is 31.9. The number of hydrogen-bond donors (Lipinski definition) is 0. The van der Waals surface area contributed by atoms with E-state index in [1.807, 2.05) is 23.5 Å². The van der Waals surface area contributed by atoms with Gasteiger partial charge < -0.3 is 0 Å². The van der Waals surface area contributed by atoms with Crippen LogP contribution in [-0.4, -0.2) is 27.8 Å². The smallest absolute Gasteiger partial charge is 0.152 e. The molecule has 0 radical (unpaired) electrons. The van der Waals surface area contributed by atoms with E-state index in [1.165, 1.54) is 77.0 Å². The molecule has 116 valence electrons. The van der Waals surface area contributed by atoms with Crippen molar-refractivity contribution >= 4 is 29.3 Å². The third-order valence-electron chi connectivity index (χ3n) is 4.54. The summed E-state index contributed by atoms with van der Waals surface area (Å²) in [5.41, 5.74) is 0. The van der Waals surface area contributed by atoms with E-state index in [0.717, 1.165) is 22.0 Å². The number of rotatable bonds is 0. The van der Waals surface area contributed by atoms with Crippen molar-refractivity contribution in [3.8, 4) is 0 Å². The van der Waals surface area contributed by atoms with Gasteiger partial charge in [0.2, 0.25) is 0 Å². The van der Waals surface area contributed by atoms with Gasteiger partial charge in [0.1, 0.15) is 0 Å². The van der Waals surface area contributed by atoms with Crippen molar-refractivity contribution in [2.45, 2.75) is 87.5 Å². The maximum Gasteiger partial charge on any atom is 0.152 e. The quantitative estimate of drug-likeness (QED) is 0.590. The molecule has 20 heavy (non-hydrogen) atoms. The van der Waals surface area contributed by atoms with Crippen LogP contribution in [0.4, 0.5) is 0 Å². The van der Waals surface area contributed by atoms with Crippen molar-refractivity contribution in [2.24, 2.45) is 0 Å². The topological polar surface area (TPSA) is 17.1 Å². The first kappa shape index (κ1) is 16.7. The second kappa shape index (κ2) is 10.2. The number of hydrogen-bond acceptors (Lipinski definition) is 3. The van der Waals surface area contributed by atoms with Crippen LogP contribution in [0.3, 0.4) is 0 Å². The van der Waals surface area contributed by atoms with Crippen molar-refractivity contribution in [2.75, 3.05) is 11.5 Å². The largest absolute Gasteiger partial charge is 0.298 e. The van der Waals surface area contributed by atoms with Gasteiger partial charge in [-0.05, 0) is 19.3 Å². The van der Waals surface area contributed by atoms with Crippen molar-refractivity contribution in [3.63, 3.8) is 0 Å². The van der Waals surface area contributed by atoms with E-state index in [1.54, 1.807) is 0 Å². The number of fused-ring (bicyclic) bond motifs is 2. The van der Waals surface area contributed by atoms with Crippen molar-refractivity contribution in [1.82, 2.24) is 0 Å². The summed E-state index contributed by atoms with van der Waals surface area (Å²) in [7, 11) is 0. The van der Waals surface area contributed by atoms with Gasteiger partial charge >= 0.3 is 0 Å². The summed E-state index contributed by atoms with van der Waals surface area (Å²) in [5, 5.41) is 1.50. The van der Waals surface area contributed by atoms with Crippen LogP contribution >= 0.6 is 23.5 Å². The highest BCUT2D eigenvalue weighted by atomic mass is 32.2. The third kappa shape index (κ3) is 6.89. The van der Waals surface area contributed by atoms with Crippen molar-refractivity contribution in [1.29, 1.82) is 0 Å². The fourth-order valence-electron chi connectivity index (χ4n) is 3.28. The second-order valence-corrected chi connectivity index (χ2v) is 8.98. The Hall–Kier alpha value is 0.370. The molecule has 0 aromatic heterocycles. The van der Waals surface area contributed by atoms with Gasteiger partial charge in [-0.3, -0.25) is 4.79 Å². The molecule has 1 saturated heterocycles. The minimum Gasteiger partial charge on any atom is -0.298 e. The van der Waals surface area contributed by atoms with Gasteiger partial charge in [0.15, 0.2) is 5.78 Å². The maximum absolute atomic E-state index is 11.8. The summed E-state index contributed by atoms with van der Waals surface area (Å²) < 4.78 is 0. The molecule has 1 aliphatic carbocycles. The van der Waals surface area contributed by atoms with E-state index in [4.69, 9.17) is 0 Å². The van der Waals surface area contributed by atoms with Gasteiger partial charge in [-0.15, -0.1) is 0 Å². The van der Waals surface area contributed by atoms with Gasteiger partial charge in [0.05, 0.1) is 11.5 Å². The summed E-state index contributed by atoms with van der Waals surface area (Å²) >= 11 is 3.92. The predicted molar refractivity (Wildman–Crippen MR) is 92.9 cm³/mol. The summed E-state index contributed by atoms with van der Waals surface area (Å²) in [6, 6.07) is 0. The summed E-state index contributed by atoms with van der Waals surface area (Å²) in [4.78, 5) is 11.8. The molecular weight excluding hydrogens is 284 g/mol. The van der Waals surface area contributed by atoms with Crippen LogP contribution in [0.15, 0.2) is 0 Å². The highest BCUT2D eigenvalue weighted by molar-refractivity contribution is 8.02. The molecule has 2 bridgehead atoms. The average molecular weight is 315 g/mol. The Bertz CT molecular complexity index is 256. The molecule has 1 heterocycles. The first-order chi connectivity index (χ1) is 9.84. The van der Waals surface area contributed by atoms with Crippen LogP contribution in [-0.2, 0) is 4.79 Å². The molecule has 2 aliphatic rings. The van der Waals surface area contributed by atoms with Gasteiger partial charge in [0.25, 0.3) is 0 Å². The Labute approximate surface area is 133 Å². The molecule has 3 heteroatoms. The number of Topliss-reactive ketones (excluding diaryl/α,β-unsaturated/α-hetero) is 1. The molecule has 0 aromatic carbocycles. The van der Waals surface area contributed by atoms with Gasteiger partial charge in [0, 0.05) is 10.5 Å². The van der Waals surface area contributed by atoms with Gasteiger partial charge in [-0.2, -0.15) is 23.5 Å². The van der Waals surface area contributed by atoms with Crippen molar-refractivity contribution < 1.29 is 4.79 Å². The molecule has 2 rings (SSSR count). The SMILES string of the molecule is O=C1CSC2CCCCCCCCCCC[C@@H](C2)SC1. The minimum atomic E-state index is 0.468.